The van der Waals surface area contributed by atoms with Crippen LogP contribution in [0.5, 0.6) is 5.75 Å². The topological polar surface area (TPSA) is 98.8 Å². The molecule has 0 radical (unpaired) electrons. The second-order valence-corrected chi connectivity index (χ2v) is 7.87. The lowest BCUT2D eigenvalue weighted by Crippen LogP contribution is -2.22. The number of benzene rings is 1. The number of nitrogens with one attached hydrogen (secondary N) is 1. The van der Waals surface area contributed by atoms with E-state index < -0.39 is 28.3 Å². The highest BCUT2D eigenvalue weighted by atomic mass is 32.2. The van der Waals surface area contributed by atoms with E-state index in [1.54, 1.807) is 24.3 Å². The number of ether oxygens (including phenoxy) is 2. The van der Waals surface area contributed by atoms with Gasteiger partial charge in [-0.1, -0.05) is 0 Å². The number of anilines is 1. The zero-order chi connectivity index (χ0) is 17.6. The van der Waals surface area contributed by atoms with Crippen LogP contribution in [0.1, 0.15) is 19.8 Å². The fraction of sp³-hybridized carbons (Fsp3) is 0.500. The zero-order valence-electron chi connectivity index (χ0n) is 13.5. The van der Waals surface area contributed by atoms with Crippen molar-refractivity contribution in [1.82, 2.24) is 0 Å². The predicted molar refractivity (Wildman–Crippen MR) is 88.6 cm³/mol. The molecule has 1 aliphatic rings. The second-order valence-electron chi connectivity index (χ2n) is 5.64. The summed E-state index contributed by atoms with van der Waals surface area (Å²) in [6, 6.07) is 6.83. The van der Waals surface area contributed by atoms with Crippen molar-refractivity contribution in [3.8, 4) is 5.75 Å². The summed E-state index contributed by atoms with van der Waals surface area (Å²) in [7, 11) is -3.02. The van der Waals surface area contributed by atoms with Gasteiger partial charge in [0.15, 0.2) is 16.4 Å². The zero-order valence-corrected chi connectivity index (χ0v) is 14.3. The lowest BCUT2D eigenvalue weighted by molar-refractivity contribution is -0.148. The van der Waals surface area contributed by atoms with Gasteiger partial charge in [0.1, 0.15) is 5.75 Å². The number of carbonyl (C=O) groups excluding carboxylic acids is 2. The summed E-state index contributed by atoms with van der Waals surface area (Å²) in [5.41, 5.74) is 0.571. The molecule has 0 aromatic heterocycles. The molecule has 24 heavy (non-hydrogen) atoms. The van der Waals surface area contributed by atoms with Crippen molar-refractivity contribution >= 4 is 27.4 Å². The van der Waals surface area contributed by atoms with Crippen LogP contribution in [-0.2, 0) is 24.2 Å². The van der Waals surface area contributed by atoms with Crippen LogP contribution in [0, 0.1) is 5.92 Å². The van der Waals surface area contributed by atoms with Gasteiger partial charge < -0.3 is 14.8 Å². The van der Waals surface area contributed by atoms with E-state index in [4.69, 9.17) is 9.47 Å². The Morgan fingerprint density at radius 1 is 1.25 bits per heavy atom. The molecule has 1 atom stereocenters. The van der Waals surface area contributed by atoms with Crippen molar-refractivity contribution in [1.29, 1.82) is 0 Å². The Morgan fingerprint density at radius 3 is 2.54 bits per heavy atom. The van der Waals surface area contributed by atoms with E-state index in [1.807, 2.05) is 6.92 Å². The molecular weight excluding hydrogens is 334 g/mol. The Hall–Kier alpha value is -2.09. The molecule has 0 bridgehead atoms. The first-order valence-corrected chi connectivity index (χ1v) is 9.59. The maximum Gasteiger partial charge on any atom is 0.306 e. The van der Waals surface area contributed by atoms with E-state index in [1.165, 1.54) is 0 Å². The van der Waals surface area contributed by atoms with E-state index in [9.17, 15) is 18.0 Å². The summed E-state index contributed by atoms with van der Waals surface area (Å²) in [6.07, 6.45) is 0.491. The van der Waals surface area contributed by atoms with Gasteiger partial charge in [0.05, 0.1) is 18.1 Å². The molecule has 1 aromatic carbocycles. The SMILES string of the molecule is CCOc1ccc(NC(=O)COC(=O)C[C@H]2CCS(=O)(=O)C2)cc1. The minimum absolute atomic E-state index is 0.0144. The summed E-state index contributed by atoms with van der Waals surface area (Å²) in [5.74, 6) is -0.389. The van der Waals surface area contributed by atoms with Crippen LogP contribution in [0.3, 0.4) is 0 Å². The first kappa shape index (κ1) is 18.3. The van der Waals surface area contributed by atoms with Crippen molar-refractivity contribution in [2.24, 2.45) is 5.92 Å². The van der Waals surface area contributed by atoms with E-state index >= 15 is 0 Å². The summed E-state index contributed by atoms with van der Waals surface area (Å²) in [6.45, 7) is 2.04. The molecule has 8 heteroatoms. The van der Waals surface area contributed by atoms with Crippen LogP contribution in [0.4, 0.5) is 5.69 Å². The van der Waals surface area contributed by atoms with Gasteiger partial charge in [-0.3, -0.25) is 9.59 Å². The van der Waals surface area contributed by atoms with Crippen LogP contribution in [0.25, 0.3) is 0 Å². The minimum Gasteiger partial charge on any atom is -0.494 e. The summed E-state index contributed by atoms with van der Waals surface area (Å²) in [4.78, 5) is 23.4. The van der Waals surface area contributed by atoms with Gasteiger partial charge in [0.25, 0.3) is 5.91 Å². The van der Waals surface area contributed by atoms with Gasteiger partial charge >= 0.3 is 5.97 Å². The molecule has 0 aliphatic carbocycles. The maximum absolute atomic E-state index is 11.8. The number of esters is 1. The average molecular weight is 355 g/mol. The van der Waals surface area contributed by atoms with E-state index in [0.717, 1.165) is 0 Å². The van der Waals surface area contributed by atoms with Gasteiger partial charge in [0, 0.05) is 12.1 Å². The summed E-state index contributed by atoms with van der Waals surface area (Å²) >= 11 is 0. The van der Waals surface area contributed by atoms with Crippen LogP contribution in [0.15, 0.2) is 24.3 Å². The van der Waals surface area contributed by atoms with E-state index in [2.05, 4.69) is 5.32 Å². The van der Waals surface area contributed by atoms with Crippen LogP contribution in [0.2, 0.25) is 0 Å². The van der Waals surface area contributed by atoms with Gasteiger partial charge in [-0.2, -0.15) is 0 Å². The monoisotopic (exact) mass is 355 g/mol. The standard InChI is InChI=1S/C16H21NO6S/c1-2-22-14-5-3-13(4-6-14)17-15(18)10-23-16(19)9-12-7-8-24(20,21)11-12/h3-6,12H,2,7-11H2,1H3,(H,17,18)/t12-/m1/s1. The van der Waals surface area contributed by atoms with Crippen molar-refractivity contribution in [3.05, 3.63) is 24.3 Å². The molecule has 1 aliphatic heterocycles. The molecule has 0 saturated carbocycles. The van der Waals surface area contributed by atoms with Gasteiger partial charge in [-0.15, -0.1) is 0 Å². The van der Waals surface area contributed by atoms with E-state index in [0.29, 0.717) is 24.5 Å². The number of amides is 1. The molecule has 1 fully saturated rings. The average Bonchev–Trinajstić information content (AvgIpc) is 2.86. The Bertz CT molecular complexity index is 683. The Balaban J connectivity index is 1.71. The minimum atomic E-state index is -3.02. The number of carbonyl (C=O) groups is 2. The summed E-state index contributed by atoms with van der Waals surface area (Å²) < 4.78 is 32.9. The van der Waals surface area contributed by atoms with Crippen LogP contribution >= 0.6 is 0 Å². The molecule has 1 saturated heterocycles. The fourth-order valence-electron chi connectivity index (χ4n) is 2.47. The van der Waals surface area contributed by atoms with Crippen LogP contribution in [-0.4, -0.2) is 45.0 Å². The molecule has 7 nitrogen and oxygen atoms in total. The molecular formula is C16H21NO6S. The Kier molecular flexibility index (Phi) is 6.19. The maximum atomic E-state index is 11.8. The molecule has 1 N–H and O–H groups in total. The normalized spacial score (nSPS) is 18.8. The predicted octanol–water partition coefficient (Wildman–Crippen LogP) is 1.39. The van der Waals surface area contributed by atoms with Crippen LogP contribution < -0.4 is 10.1 Å². The van der Waals surface area contributed by atoms with E-state index in [-0.39, 0.29) is 23.8 Å². The number of sulfone groups is 1. The first-order valence-electron chi connectivity index (χ1n) is 7.76. The quantitative estimate of drug-likeness (QED) is 0.742. The smallest absolute Gasteiger partial charge is 0.306 e. The first-order chi connectivity index (χ1) is 11.4. The molecule has 132 valence electrons. The van der Waals surface area contributed by atoms with Gasteiger partial charge in [-0.05, 0) is 43.5 Å². The number of rotatable bonds is 7. The largest absolute Gasteiger partial charge is 0.494 e. The van der Waals surface area contributed by atoms with Crippen molar-refractivity contribution < 1.29 is 27.5 Å². The molecule has 0 spiro atoms. The highest BCUT2D eigenvalue weighted by molar-refractivity contribution is 7.91. The number of hydrogen-bond acceptors (Lipinski definition) is 6. The molecule has 1 heterocycles. The summed E-state index contributed by atoms with van der Waals surface area (Å²) in [5, 5.41) is 2.61. The lowest BCUT2D eigenvalue weighted by atomic mass is 10.1. The van der Waals surface area contributed by atoms with Gasteiger partial charge in [-0.25, -0.2) is 8.42 Å². The van der Waals surface area contributed by atoms with Crippen molar-refractivity contribution in [3.63, 3.8) is 0 Å². The third-order valence-electron chi connectivity index (χ3n) is 3.60. The second kappa shape index (κ2) is 8.14. The third kappa shape index (κ3) is 5.84. The molecule has 2 rings (SSSR count). The highest BCUT2D eigenvalue weighted by Gasteiger charge is 2.29. The lowest BCUT2D eigenvalue weighted by Gasteiger charge is -2.09. The Morgan fingerprint density at radius 2 is 1.96 bits per heavy atom. The van der Waals surface area contributed by atoms with Crippen molar-refractivity contribution in [2.45, 2.75) is 19.8 Å². The molecule has 0 unspecified atom stereocenters. The third-order valence-corrected chi connectivity index (χ3v) is 5.43. The number of hydrogen-bond donors (Lipinski definition) is 1. The van der Waals surface area contributed by atoms with Crippen molar-refractivity contribution in [2.75, 3.05) is 30.0 Å². The molecule has 1 aromatic rings. The highest BCUT2D eigenvalue weighted by Crippen LogP contribution is 2.22. The Labute approximate surface area is 141 Å². The van der Waals surface area contributed by atoms with Gasteiger partial charge in [0.2, 0.25) is 0 Å². The fourth-order valence-corrected chi connectivity index (χ4v) is 4.33. The molecule has 1 amide bonds.